The minimum Gasteiger partial charge on any atom is -0.494 e. The van der Waals surface area contributed by atoms with Crippen molar-refractivity contribution in [1.82, 2.24) is 14.9 Å². The summed E-state index contributed by atoms with van der Waals surface area (Å²) in [6.45, 7) is 5.12. The summed E-state index contributed by atoms with van der Waals surface area (Å²) in [4.78, 5) is 33.5. The number of H-pyrrole nitrogens is 1. The van der Waals surface area contributed by atoms with E-state index in [4.69, 9.17) is 4.74 Å². The molecule has 0 aliphatic rings. The molecule has 0 atom stereocenters. The van der Waals surface area contributed by atoms with E-state index in [1.807, 2.05) is 38.1 Å². The van der Waals surface area contributed by atoms with Crippen LogP contribution in [-0.2, 0) is 6.54 Å². The zero-order valence-corrected chi connectivity index (χ0v) is 14.9. The summed E-state index contributed by atoms with van der Waals surface area (Å²) in [7, 11) is 0. The van der Waals surface area contributed by atoms with Crippen molar-refractivity contribution in [2.45, 2.75) is 20.4 Å². The van der Waals surface area contributed by atoms with Gasteiger partial charge in [-0.05, 0) is 50.2 Å². The van der Waals surface area contributed by atoms with Crippen LogP contribution in [-0.4, -0.2) is 33.9 Å². The molecular formula is C20H21N3O3. The highest BCUT2D eigenvalue weighted by Gasteiger charge is 2.16. The topological polar surface area (TPSA) is 75.3 Å². The molecule has 0 spiro atoms. The molecule has 0 fully saturated rings. The van der Waals surface area contributed by atoms with Gasteiger partial charge in [0.15, 0.2) is 0 Å². The fourth-order valence-electron chi connectivity index (χ4n) is 2.81. The molecule has 0 bridgehead atoms. The van der Waals surface area contributed by atoms with E-state index in [0.29, 0.717) is 24.3 Å². The Kier molecular flexibility index (Phi) is 5.31. The highest BCUT2D eigenvalue weighted by Crippen LogP contribution is 2.20. The molecule has 0 aliphatic heterocycles. The van der Waals surface area contributed by atoms with Crippen LogP contribution in [0.5, 0.6) is 5.75 Å². The Morgan fingerprint density at radius 1 is 1.15 bits per heavy atom. The fraction of sp³-hybridized carbons (Fsp3) is 0.250. The first kappa shape index (κ1) is 17.7. The lowest BCUT2D eigenvalue weighted by Crippen LogP contribution is -2.32. The van der Waals surface area contributed by atoms with Crippen LogP contribution in [0, 0.1) is 0 Å². The van der Waals surface area contributed by atoms with Gasteiger partial charge in [-0.25, -0.2) is 0 Å². The van der Waals surface area contributed by atoms with Gasteiger partial charge in [0.05, 0.1) is 13.2 Å². The summed E-state index contributed by atoms with van der Waals surface area (Å²) in [5.41, 5.74) is 1.64. The van der Waals surface area contributed by atoms with Crippen LogP contribution in [0.4, 0.5) is 0 Å². The molecule has 6 nitrogen and oxygen atoms in total. The lowest BCUT2D eigenvalue weighted by Gasteiger charge is -2.21. The first-order valence-corrected chi connectivity index (χ1v) is 8.60. The molecule has 26 heavy (non-hydrogen) atoms. The van der Waals surface area contributed by atoms with Crippen molar-refractivity contribution in [1.29, 1.82) is 0 Å². The minimum atomic E-state index is -0.192. The van der Waals surface area contributed by atoms with E-state index in [0.717, 1.165) is 16.7 Å². The molecule has 2 heterocycles. The first-order chi connectivity index (χ1) is 12.6. The molecule has 1 amide bonds. The Labute approximate surface area is 151 Å². The summed E-state index contributed by atoms with van der Waals surface area (Å²) in [6, 6.07) is 10.7. The van der Waals surface area contributed by atoms with E-state index in [1.165, 1.54) is 0 Å². The number of rotatable bonds is 6. The van der Waals surface area contributed by atoms with Crippen LogP contribution >= 0.6 is 0 Å². The van der Waals surface area contributed by atoms with Gasteiger partial charge >= 0.3 is 0 Å². The van der Waals surface area contributed by atoms with Crippen LogP contribution in [0.15, 0.2) is 53.6 Å². The standard InChI is InChI=1S/C20H21N3O3/c1-3-23(20(25)14-7-9-21-10-8-14)13-16-11-15-12-17(26-4-2)5-6-18(15)22-19(16)24/h5-12H,3-4,13H2,1-2H3,(H,22,24). The molecule has 0 saturated heterocycles. The number of nitrogens with one attached hydrogen (secondary N) is 1. The number of aromatic amines is 1. The maximum absolute atomic E-state index is 12.7. The molecule has 3 rings (SSSR count). The van der Waals surface area contributed by atoms with E-state index < -0.39 is 0 Å². The molecule has 0 saturated carbocycles. The van der Waals surface area contributed by atoms with Crippen molar-refractivity contribution in [3.63, 3.8) is 0 Å². The molecular weight excluding hydrogens is 330 g/mol. The number of hydrogen-bond donors (Lipinski definition) is 1. The zero-order chi connectivity index (χ0) is 18.5. The molecule has 1 N–H and O–H groups in total. The van der Waals surface area contributed by atoms with E-state index >= 15 is 0 Å². The van der Waals surface area contributed by atoms with Crippen molar-refractivity contribution < 1.29 is 9.53 Å². The van der Waals surface area contributed by atoms with Gasteiger partial charge in [-0.15, -0.1) is 0 Å². The van der Waals surface area contributed by atoms with Gasteiger partial charge in [0, 0.05) is 41.0 Å². The number of carbonyl (C=O) groups is 1. The minimum absolute atomic E-state index is 0.127. The molecule has 0 unspecified atom stereocenters. The summed E-state index contributed by atoms with van der Waals surface area (Å²) in [5, 5.41) is 0.873. The van der Waals surface area contributed by atoms with Gasteiger partial charge in [0.1, 0.15) is 5.75 Å². The number of hydrogen-bond acceptors (Lipinski definition) is 4. The summed E-state index contributed by atoms with van der Waals surface area (Å²) >= 11 is 0. The van der Waals surface area contributed by atoms with E-state index in [1.54, 1.807) is 29.4 Å². The third-order valence-electron chi connectivity index (χ3n) is 4.16. The molecule has 0 aliphatic carbocycles. The number of carbonyl (C=O) groups excluding carboxylic acids is 1. The lowest BCUT2D eigenvalue weighted by atomic mass is 10.1. The Bertz CT molecular complexity index is 967. The second-order valence-corrected chi connectivity index (χ2v) is 5.86. The summed E-state index contributed by atoms with van der Waals surface area (Å²) in [5.74, 6) is 0.621. The van der Waals surface area contributed by atoms with Crippen molar-refractivity contribution in [2.75, 3.05) is 13.2 Å². The van der Waals surface area contributed by atoms with Crippen LogP contribution in [0.25, 0.3) is 10.9 Å². The SMILES string of the molecule is CCOc1ccc2[nH]c(=O)c(CN(CC)C(=O)c3ccncc3)cc2c1. The summed E-state index contributed by atoms with van der Waals surface area (Å²) < 4.78 is 5.52. The molecule has 134 valence electrons. The van der Waals surface area contributed by atoms with Crippen LogP contribution < -0.4 is 10.3 Å². The van der Waals surface area contributed by atoms with Gasteiger partial charge in [-0.1, -0.05) is 0 Å². The number of pyridine rings is 2. The predicted molar refractivity (Wildman–Crippen MR) is 100 cm³/mol. The second-order valence-electron chi connectivity index (χ2n) is 5.86. The number of ether oxygens (including phenoxy) is 1. The van der Waals surface area contributed by atoms with Crippen LogP contribution in [0.2, 0.25) is 0 Å². The number of aromatic nitrogens is 2. The Hall–Kier alpha value is -3.15. The average Bonchev–Trinajstić information content (AvgIpc) is 2.67. The van der Waals surface area contributed by atoms with Gasteiger partial charge in [0.25, 0.3) is 11.5 Å². The maximum atomic E-state index is 12.7. The Morgan fingerprint density at radius 3 is 2.62 bits per heavy atom. The quantitative estimate of drug-likeness (QED) is 0.741. The van der Waals surface area contributed by atoms with Crippen molar-refractivity contribution in [3.8, 4) is 5.75 Å². The Morgan fingerprint density at radius 2 is 1.92 bits per heavy atom. The molecule has 2 aromatic heterocycles. The van der Waals surface area contributed by atoms with Gasteiger partial charge in [-0.2, -0.15) is 0 Å². The lowest BCUT2D eigenvalue weighted by molar-refractivity contribution is 0.0752. The first-order valence-electron chi connectivity index (χ1n) is 8.60. The van der Waals surface area contributed by atoms with Crippen LogP contribution in [0.3, 0.4) is 0 Å². The van der Waals surface area contributed by atoms with Crippen LogP contribution in [0.1, 0.15) is 29.8 Å². The number of fused-ring (bicyclic) bond motifs is 1. The third kappa shape index (κ3) is 3.74. The zero-order valence-electron chi connectivity index (χ0n) is 14.9. The van der Waals surface area contributed by atoms with Gasteiger partial charge in [0.2, 0.25) is 0 Å². The predicted octanol–water partition coefficient (Wildman–Crippen LogP) is 2.98. The molecule has 6 heteroatoms. The maximum Gasteiger partial charge on any atom is 0.254 e. The normalized spacial score (nSPS) is 10.7. The Balaban J connectivity index is 1.92. The molecule has 0 radical (unpaired) electrons. The van der Waals surface area contributed by atoms with E-state index in [2.05, 4.69) is 9.97 Å². The van der Waals surface area contributed by atoms with Crippen molar-refractivity contribution in [2.24, 2.45) is 0 Å². The molecule has 1 aromatic carbocycles. The van der Waals surface area contributed by atoms with Gasteiger partial charge < -0.3 is 14.6 Å². The average molecular weight is 351 g/mol. The fourth-order valence-corrected chi connectivity index (χ4v) is 2.81. The highest BCUT2D eigenvalue weighted by molar-refractivity contribution is 5.94. The van der Waals surface area contributed by atoms with E-state index in [9.17, 15) is 9.59 Å². The van der Waals surface area contributed by atoms with Crippen molar-refractivity contribution >= 4 is 16.8 Å². The monoisotopic (exact) mass is 351 g/mol. The smallest absolute Gasteiger partial charge is 0.254 e. The van der Waals surface area contributed by atoms with E-state index in [-0.39, 0.29) is 18.0 Å². The van der Waals surface area contributed by atoms with Crippen molar-refractivity contribution in [3.05, 3.63) is 70.3 Å². The highest BCUT2D eigenvalue weighted by atomic mass is 16.5. The number of nitrogens with zero attached hydrogens (tertiary/aromatic N) is 2. The number of amides is 1. The summed E-state index contributed by atoms with van der Waals surface area (Å²) in [6.07, 6.45) is 3.17. The van der Waals surface area contributed by atoms with Gasteiger partial charge in [-0.3, -0.25) is 14.6 Å². The second kappa shape index (κ2) is 7.82. The largest absolute Gasteiger partial charge is 0.494 e. The molecule has 3 aromatic rings. The third-order valence-corrected chi connectivity index (χ3v) is 4.16. The number of benzene rings is 1.